The molecule has 0 spiro atoms. The molecular formula is C15H22O2. The molecule has 0 atom stereocenters. The Bertz CT molecular complexity index is 380. The molecule has 1 aromatic rings. The summed E-state index contributed by atoms with van der Waals surface area (Å²) in [7, 11) is 0. The second-order valence-corrected chi connectivity index (χ2v) is 4.91. The van der Waals surface area contributed by atoms with Crippen molar-refractivity contribution in [2.75, 3.05) is 6.61 Å². The number of ether oxygens (including phenoxy) is 1. The quantitative estimate of drug-likeness (QED) is 0.693. The van der Waals surface area contributed by atoms with Crippen molar-refractivity contribution in [3.63, 3.8) is 0 Å². The number of para-hydroxylation sites is 1. The number of ketones is 1. The van der Waals surface area contributed by atoms with Crippen LogP contribution in [-0.2, 0) is 0 Å². The lowest BCUT2D eigenvalue weighted by molar-refractivity contribution is 0.0828. The standard InChI is InChI=1S/C15H22O2/c1-5-11-17-13-10-8-7-9-12(13)14(16)15(3,4)6-2/h7-10H,5-6,11H2,1-4H3. The molecule has 0 unspecified atom stereocenters. The van der Waals surface area contributed by atoms with Gasteiger partial charge in [-0.05, 0) is 25.0 Å². The largest absolute Gasteiger partial charge is 0.493 e. The first-order valence-corrected chi connectivity index (χ1v) is 6.29. The summed E-state index contributed by atoms with van der Waals surface area (Å²) in [5.41, 5.74) is 0.374. The Morgan fingerprint density at radius 3 is 2.47 bits per heavy atom. The number of hydrogen-bond donors (Lipinski definition) is 0. The smallest absolute Gasteiger partial charge is 0.172 e. The van der Waals surface area contributed by atoms with Crippen molar-refractivity contribution in [3.05, 3.63) is 29.8 Å². The molecule has 0 N–H and O–H groups in total. The van der Waals surface area contributed by atoms with E-state index in [4.69, 9.17) is 4.74 Å². The summed E-state index contributed by atoms with van der Waals surface area (Å²) in [5.74, 6) is 0.868. The van der Waals surface area contributed by atoms with E-state index in [2.05, 4.69) is 6.92 Å². The van der Waals surface area contributed by atoms with Crippen molar-refractivity contribution in [2.45, 2.75) is 40.5 Å². The van der Waals surface area contributed by atoms with Crippen LogP contribution in [0.25, 0.3) is 0 Å². The van der Waals surface area contributed by atoms with Crippen molar-refractivity contribution in [1.29, 1.82) is 0 Å². The molecule has 0 aliphatic carbocycles. The van der Waals surface area contributed by atoms with Crippen LogP contribution >= 0.6 is 0 Å². The van der Waals surface area contributed by atoms with E-state index in [1.807, 2.05) is 45.0 Å². The molecule has 17 heavy (non-hydrogen) atoms. The van der Waals surface area contributed by atoms with Crippen LogP contribution in [0.3, 0.4) is 0 Å². The molecule has 0 heterocycles. The van der Waals surface area contributed by atoms with E-state index in [9.17, 15) is 4.79 Å². The molecule has 0 radical (unpaired) electrons. The van der Waals surface area contributed by atoms with Crippen LogP contribution < -0.4 is 4.74 Å². The summed E-state index contributed by atoms with van der Waals surface area (Å²) in [4.78, 5) is 12.4. The maximum Gasteiger partial charge on any atom is 0.172 e. The van der Waals surface area contributed by atoms with Crippen molar-refractivity contribution >= 4 is 5.78 Å². The number of benzene rings is 1. The Morgan fingerprint density at radius 1 is 1.24 bits per heavy atom. The van der Waals surface area contributed by atoms with E-state index < -0.39 is 0 Å². The Kier molecular flexibility index (Phi) is 4.73. The monoisotopic (exact) mass is 234 g/mol. The van der Waals surface area contributed by atoms with E-state index in [0.29, 0.717) is 17.9 Å². The van der Waals surface area contributed by atoms with Crippen LogP contribution in [0.1, 0.15) is 50.9 Å². The summed E-state index contributed by atoms with van der Waals surface area (Å²) in [6.07, 6.45) is 1.77. The number of carbonyl (C=O) groups is 1. The van der Waals surface area contributed by atoms with Crippen LogP contribution in [0.5, 0.6) is 5.75 Å². The van der Waals surface area contributed by atoms with Gasteiger partial charge in [-0.1, -0.05) is 39.8 Å². The minimum atomic E-state index is -0.328. The summed E-state index contributed by atoms with van der Waals surface area (Å²) in [5, 5.41) is 0. The van der Waals surface area contributed by atoms with Gasteiger partial charge in [0.25, 0.3) is 0 Å². The fourth-order valence-electron chi connectivity index (χ4n) is 1.52. The van der Waals surface area contributed by atoms with Gasteiger partial charge < -0.3 is 4.74 Å². The van der Waals surface area contributed by atoms with Gasteiger partial charge in [0.05, 0.1) is 12.2 Å². The Labute approximate surface area is 104 Å². The number of Topliss-reactive ketones (excluding diaryl/α,β-unsaturated/α-hetero) is 1. The van der Waals surface area contributed by atoms with Gasteiger partial charge in [0.2, 0.25) is 0 Å². The Morgan fingerprint density at radius 2 is 1.88 bits per heavy atom. The Hall–Kier alpha value is -1.31. The first kappa shape index (κ1) is 13.8. The molecule has 1 aromatic carbocycles. The summed E-state index contributed by atoms with van der Waals surface area (Å²) in [6.45, 7) is 8.70. The lowest BCUT2D eigenvalue weighted by Crippen LogP contribution is -2.24. The molecule has 94 valence electrons. The number of hydrogen-bond acceptors (Lipinski definition) is 2. The van der Waals surface area contributed by atoms with Gasteiger partial charge in [-0.2, -0.15) is 0 Å². The van der Waals surface area contributed by atoms with Gasteiger partial charge in [-0.15, -0.1) is 0 Å². The highest BCUT2D eigenvalue weighted by molar-refractivity contribution is 6.02. The molecule has 0 bridgehead atoms. The molecule has 0 amide bonds. The SMILES string of the molecule is CCCOc1ccccc1C(=O)C(C)(C)CC. The predicted octanol–water partition coefficient (Wildman–Crippen LogP) is 4.09. The topological polar surface area (TPSA) is 26.3 Å². The normalized spacial score (nSPS) is 11.3. The molecule has 2 heteroatoms. The molecule has 1 rings (SSSR count). The van der Waals surface area contributed by atoms with Crippen LogP contribution in [0.15, 0.2) is 24.3 Å². The van der Waals surface area contributed by atoms with Crippen molar-refractivity contribution < 1.29 is 9.53 Å². The highest BCUT2D eigenvalue weighted by Crippen LogP contribution is 2.30. The first-order valence-electron chi connectivity index (χ1n) is 6.29. The van der Waals surface area contributed by atoms with Crippen molar-refractivity contribution in [3.8, 4) is 5.75 Å². The van der Waals surface area contributed by atoms with Crippen LogP contribution in [0, 0.1) is 5.41 Å². The molecular weight excluding hydrogens is 212 g/mol. The highest BCUT2D eigenvalue weighted by atomic mass is 16.5. The average Bonchev–Trinajstić information content (AvgIpc) is 2.35. The van der Waals surface area contributed by atoms with Gasteiger partial charge in [0, 0.05) is 5.41 Å². The summed E-state index contributed by atoms with van der Waals surface area (Å²) < 4.78 is 5.63. The third-order valence-electron chi connectivity index (χ3n) is 3.09. The zero-order valence-electron chi connectivity index (χ0n) is 11.2. The maximum absolute atomic E-state index is 12.4. The fourth-order valence-corrected chi connectivity index (χ4v) is 1.52. The number of carbonyl (C=O) groups excluding carboxylic acids is 1. The van der Waals surface area contributed by atoms with Crippen molar-refractivity contribution in [2.24, 2.45) is 5.41 Å². The Balaban J connectivity index is 3.00. The fraction of sp³-hybridized carbons (Fsp3) is 0.533. The van der Waals surface area contributed by atoms with Gasteiger partial charge in [-0.25, -0.2) is 0 Å². The van der Waals surface area contributed by atoms with E-state index >= 15 is 0 Å². The molecule has 0 aliphatic rings. The number of rotatable bonds is 6. The third kappa shape index (κ3) is 3.32. The first-order chi connectivity index (χ1) is 8.03. The predicted molar refractivity (Wildman–Crippen MR) is 70.6 cm³/mol. The summed E-state index contributed by atoms with van der Waals surface area (Å²) >= 11 is 0. The van der Waals surface area contributed by atoms with E-state index in [0.717, 1.165) is 12.8 Å². The van der Waals surface area contributed by atoms with Crippen LogP contribution in [-0.4, -0.2) is 12.4 Å². The molecule has 0 aromatic heterocycles. The summed E-state index contributed by atoms with van der Waals surface area (Å²) in [6, 6.07) is 7.51. The van der Waals surface area contributed by atoms with Crippen LogP contribution in [0.4, 0.5) is 0 Å². The molecule has 2 nitrogen and oxygen atoms in total. The van der Waals surface area contributed by atoms with Gasteiger partial charge in [-0.3, -0.25) is 4.79 Å². The zero-order chi connectivity index (χ0) is 12.9. The molecule has 0 fully saturated rings. The minimum absolute atomic E-state index is 0.159. The molecule has 0 aliphatic heterocycles. The third-order valence-corrected chi connectivity index (χ3v) is 3.09. The second-order valence-electron chi connectivity index (χ2n) is 4.91. The van der Waals surface area contributed by atoms with E-state index in [1.165, 1.54) is 0 Å². The lowest BCUT2D eigenvalue weighted by Gasteiger charge is -2.22. The molecule has 0 saturated heterocycles. The van der Waals surface area contributed by atoms with Gasteiger partial charge >= 0.3 is 0 Å². The van der Waals surface area contributed by atoms with Gasteiger partial charge in [0.1, 0.15) is 5.75 Å². The van der Waals surface area contributed by atoms with Gasteiger partial charge in [0.15, 0.2) is 5.78 Å². The van der Waals surface area contributed by atoms with Crippen molar-refractivity contribution in [1.82, 2.24) is 0 Å². The lowest BCUT2D eigenvalue weighted by atomic mass is 9.82. The minimum Gasteiger partial charge on any atom is -0.493 e. The second kappa shape index (κ2) is 5.85. The maximum atomic E-state index is 12.4. The zero-order valence-corrected chi connectivity index (χ0v) is 11.2. The van der Waals surface area contributed by atoms with E-state index in [-0.39, 0.29) is 11.2 Å². The average molecular weight is 234 g/mol. The highest BCUT2D eigenvalue weighted by Gasteiger charge is 2.28. The van der Waals surface area contributed by atoms with E-state index in [1.54, 1.807) is 0 Å². The molecule has 0 saturated carbocycles. The van der Waals surface area contributed by atoms with Crippen LogP contribution in [0.2, 0.25) is 0 Å².